The van der Waals surface area contributed by atoms with E-state index in [4.69, 9.17) is 46.5 Å². The zero-order chi connectivity index (χ0) is 36.7. The van der Waals surface area contributed by atoms with Crippen molar-refractivity contribution in [3.05, 3.63) is 21.2 Å². The molecule has 0 bridgehead atoms. The van der Waals surface area contributed by atoms with Crippen LogP contribution in [0.15, 0.2) is 16.6 Å². The minimum Gasteiger partial charge on any atom is -0.465 e. The van der Waals surface area contributed by atoms with Gasteiger partial charge in [-0.3, -0.25) is 14.4 Å². The fourth-order valence-corrected chi connectivity index (χ4v) is 9.84. The Morgan fingerprint density at radius 3 is 2.43 bits per heavy atom. The van der Waals surface area contributed by atoms with Gasteiger partial charge in [-0.15, -0.1) is 11.3 Å². The molecule has 30 heteroatoms. The van der Waals surface area contributed by atoms with Crippen molar-refractivity contribution < 1.29 is 83.4 Å². The number of thiophene rings is 1. The van der Waals surface area contributed by atoms with Gasteiger partial charge in [0.2, 0.25) is 0 Å². The number of methoxy groups -OCH3 is 2. The van der Waals surface area contributed by atoms with E-state index < -0.39 is 87.1 Å². The summed E-state index contributed by atoms with van der Waals surface area (Å²) in [6.07, 6.45) is -5.42. The first-order valence-corrected chi connectivity index (χ1v) is 20.3. The Morgan fingerprint density at radius 1 is 1.16 bits per heavy atom. The summed E-state index contributed by atoms with van der Waals surface area (Å²) in [5.74, 6) is -1.15. The fraction of sp³-hybridized carbons (Fsp3) is 0.421. The number of hydrogen-bond donors (Lipinski definition) is 7. The van der Waals surface area contributed by atoms with Crippen molar-refractivity contribution in [1.82, 2.24) is 19.5 Å². The number of nitrogens with zero attached hydrogens (tertiary/aromatic N) is 3. The lowest BCUT2D eigenvalue weighted by molar-refractivity contribution is -0.0530. The topological polar surface area (TPSA) is 350 Å². The number of imidazole rings is 1. The number of ether oxygens (including phenoxy) is 4. The highest BCUT2D eigenvalue weighted by Gasteiger charge is 2.51. The van der Waals surface area contributed by atoms with Gasteiger partial charge < -0.3 is 49.2 Å². The molecule has 4 heterocycles. The molecule has 1 fully saturated rings. The van der Waals surface area contributed by atoms with E-state index in [1.165, 1.54) is 4.57 Å². The molecule has 0 aliphatic carbocycles. The van der Waals surface area contributed by atoms with E-state index in [1.807, 2.05) is 0 Å². The van der Waals surface area contributed by atoms with Crippen LogP contribution in [0.5, 0.6) is 0 Å². The maximum absolute atomic E-state index is 13.3. The number of H-pyrrole nitrogens is 1. The number of esters is 1. The van der Waals surface area contributed by atoms with Crippen LogP contribution in [0.2, 0.25) is 0 Å². The van der Waals surface area contributed by atoms with Gasteiger partial charge in [-0.2, -0.15) is 8.62 Å². The summed E-state index contributed by atoms with van der Waals surface area (Å²) >= 11 is 5.84. The lowest BCUT2D eigenvalue weighted by Gasteiger charge is -2.24. The van der Waals surface area contributed by atoms with Crippen molar-refractivity contribution in [2.24, 2.45) is 0 Å². The highest BCUT2D eigenvalue weighted by Crippen LogP contribution is 2.66. The second-order valence-corrected chi connectivity index (χ2v) is 17.2. The maximum atomic E-state index is 13.3. The number of amides is 1. The molecule has 0 spiro atoms. The van der Waals surface area contributed by atoms with Crippen molar-refractivity contribution >= 4 is 91.7 Å². The second-order valence-electron chi connectivity index (χ2n) is 9.49. The van der Waals surface area contributed by atoms with Crippen LogP contribution in [0.4, 0.5) is 16.4 Å². The van der Waals surface area contributed by atoms with E-state index >= 15 is 0 Å². The first-order chi connectivity index (χ1) is 22.6. The van der Waals surface area contributed by atoms with Gasteiger partial charge in [0.15, 0.2) is 32.8 Å². The molecule has 3 aromatic rings. The van der Waals surface area contributed by atoms with E-state index in [9.17, 15) is 41.5 Å². The Morgan fingerprint density at radius 2 is 1.84 bits per heavy atom. The Hall–Kier alpha value is -2.71. The maximum Gasteiger partial charge on any atom is 0.490 e. The van der Waals surface area contributed by atoms with Gasteiger partial charge in [0.25, 0.3) is 0 Å². The van der Waals surface area contributed by atoms with Gasteiger partial charge in [-0.05, 0) is 0 Å². The molecule has 0 radical (unpaired) electrons. The Kier molecular flexibility index (Phi) is 11.6. The van der Waals surface area contributed by atoms with Crippen LogP contribution >= 0.6 is 47.0 Å². The molecule has 0 saturated carbocycles. The summed E-state index contributed by atoms with van der Waals surface area (Å²) in [5.41, 5.74) is 5.50. The predicted octanol–water partition coefficient (Wildman–Crippen LogP) is 1.20. The van der Waals surface area contributed by atoms with Gasteiger partial charge in [0, 0.05) is 18.7 Å². The normalized spacial score (nSPS) is 22.3. The summed E-state index contributed by atoms with van der Waals surface area (Å²) in [6, 6.07) is 0. The van der Waals surface area contributed by atoms with E-state index in [1.54, 1.807) is 0 Å². The van der Waals surface area contributed by atoms with E-state index in [-0.39, 0.29) is 26.6 Å². The third-order valence-electron chi connectivity index (χ3n) is 6.11. The number of sulfone groups is 1. The van der Waals surface area contributed by atoms with Crippen LogP contribution in [0, 0.1) is 4.64 Å². The number of carbonyl (C=O) groups excluding carboxylic acids is 2. The predicted molar refractivity (Wildman–Crippen MR) is 164 cm³/mol. The molecule has 1 saturated heterocycles. The minimum atomic E-state index is -5.87. The molecule has 49 heavy (non-hydrogen) atoms. The standard InChI is InChI=1S/C19H25N6O18P3S3/c1-37-11-7(4-39-45(31,32)43-46(33,34)42-44(28,29)30)40-16(25-6-21-10-14(25)23-18(20)24-15(10)47)12(11)41-19(27)22-9-8(49(3,35)36)5-48-13(9)17(26)38-2/h5-7,11-12,16H,4H2,1-3H3,(H,22,27)(H,31,32)(H,33,34)(H2,28,29,30)(H3,20,23,24,47). The first kappa shape index (κ1) is 39.1. The number of anilines is 2. The molecule has 1 aliphatic rings. The van der Waals surface area contributed by atoms with Gasteiger partial charge in [0.1, 0.15) is 33.1 Å². The van der Waals surface area contributed by atoms with Crippen molar-refractivity contribution in [3.8, 4) is 0 Å². The molecule has 1 amide bonds. The number of aromatic nitrogens is 4. The monoisotopic (exact) mass is 814 g/mol. The minimum absolute atomic E-state index is 0.0492. The molecule has 272 valence electrons. The number of fused-ring (bicyclic) bond motifs is 1. The SMILES string of the molecule is COC(=O)c1scc(S(C)(=O)=O)c1NC(=O)OC1C(OC)C(COP(=O)(O)OP(=O)(O)OP(=O)(O)O)OC1n1cnc2c(=S)nc(N)[nH]c21. The quantitative estimate of drug-likeness (QED) is 0.0724. The number of nitrogen functional groups attached to an aromatic ring is 1. The Labute approximate surface area is 282 Å². The summed E-state index contributed by atoms with van der Waals surface area (Å²) < 4.78 is 94.7. The molecular formula is C19H25N6O18P3S3. The number of nitrogens with two attached hydrogens (primary N) is 1. The highest BCUT2D eigenvalue weighted by molar-refractivity contribution is 7.91. The van der Waals surface area contributed by atoms with Crippen LogP contribution in [0.1, 0.15) is 15.9 Å². The summed E-state index contributed by atoms with van der Waals surface area (Å²) in [5, 5.41) is 3.29. The molecule has 6 atom stereocenters. The lowest BCUT2D eigenvalue weighted by atomic mass is 10.1. The van der Waals surface area contributed by atoms with Crippen molar-refractivity contribution in [3.63, 3.8) is 0 Å². The second kappa shape index (κ2) is 14.5. The molecule has 4 rings (SSSR count). The van der Waals surface area contributed by atoms with Gasteiger partial charge in [-0.1, -0.05) is 12.2 Å². The molecule has 24 nitrogen and oxygen atoms in total. The van der Waals surface area contributed by atoms with Crippen LogP contribution < -0.4 is 11.1 Å². The number of phosphoric ester groups is 1. The van der Waals surface area contributed by atoms with E-state index in [0.717, 1.165) is 32.2 Å². The molecule has 6 unspecified atom stereocenters. The number of hydrogen-bond acceptors (Lipinski definition) is 19. The third kappa shape index (κ3) is 9.35. The largest absolute Gasteiger partial charge is 0.490 e. The first-order valence-electron chi connectivity index (χ1n) is 12.6. The number of carbonyl (C=O) groups is 2. The number of phosphoric acid groups is 3. The summed E-state index contributed by atoms with van der Waals surface area (Å²) in [6.45, 7) is -1.04. The smallest absolute Gasteiger partial charge is 0.465 e. The molecule has 8 N–H and O–H groups in total. The molecular weight excluding hydrogens is 789 g/mol. The Balaban J connectivity index is 1.68. The Bertz CT molecular complexity index is 2080. The summed E-state index contributed by atoms with van der Waals surface area (Å²) in [4.78, 5) is 72.5. The van der Waals surface area contributed by atoms with Crippen LogP contribution in [-0.2, 0) is 55.6 Å². The van der Waals surface area contributed by atoms with Gasteiger partial charge in [0.05, 0.1) is 25.7 Å². The average Bonchev–Trinajstić information content (AvgIpc) is 3.64. The van der Waals surface area contributed by atoms with E-state index in [2.05, 4.69) is 33.6 Å². The van der Waals surface area contributed by atoms with Gasteiger partial charge in [-0.25, -0.2) is 41.7 Å². The van der Waals surface area contributed by atoms with Crippen molar-refractivity contribution in [1.29, 1.82) is 0 Å². The number of rotatable bonds is 13. The number of nitrogens with one attached hydrogen (secondary N) is 2. The third-order valence-corrected chi connectivity index (χ3v) is 12.4. The average molecular weight is 815 g/mol. The fourth-order valence-electron chi connectivity index (χ4n) is 4.33. The van der Waals surface area contributed by atoms with Crippen LogP contribution in [0.25, 0.3) is 11.2 Å². The van der Waals surface area contributed by atoms with Gasteiger partial charge >= 0.3 is 35.5 Å². The van der Waals surface area contributed by atoms with Crippen molar-refractivity contribution in [2.75, 3.05) is 38.1 Å². The lowest BCUT2D eigenvalue weighted by Crippen LogP contribution is -2.39. The molecule has 3 aromatic heterocycles. The van der Waals surface area contributed by atoms with Crippen LogP contribution in [0.3, 0.4) is 0 Å². The molecule has 1 aliphatic heterocycles. The zero-order valence-corrected chi connectivity index (χ0v) is 29.8. The molecule has 0 aromatic carbocycles. The van der Waals surface area contributed by atoms with Crippen LogP contribution in [-0.4, -0.2) is 105 Å². The van der Waals surface area contributed by atoms with Crippen molar-refractivity contribution in [2.45, 2.75) is 29.4 Å². The number of aromatic amines is 1. The summed E-state index contributed by atoms with van der Waals surface area (Å²) in [7, 11) is -19.1. The highest BCUT2D eigenvalue weighted by atomic mass is 32.2. The van der Waals surface area contributed by atoms with E-state index in [0.29, 0.717) is 11.3 Å². The zero-order valence-electron chi connectivity index (χ0n) is 24.7.